The van der Waals surface area contributed by atoms with Crippen molar-refractivity contribution < 1.29 is 19.1 Å². The number of fused-ring (bicyclic) bond motifs is 1. The van der Waals surface area contributed by atoms with Crippen LogP contribution in [0.5, 0.6) is 0 Å². The summed E-state index contributed by atoms with van der Waals surface area (Å²) in [5.74, 6) is -1.45. The van der Waals surface area contributed by atoms with Gasteiger partial charge in [0.05, 0.1) is 23.3 Å². The fraction of sp³-hybridized carbons (Fsp3) is 0.368. The lowest BCUT2D eigenvalue weighted by atomic mass is 10.0. The summed E-state index contributed by atoms with van der Waals surface area (Å²) in [6.07, 6.45) is 0. The first-order valence-electron chi connectivity index (χ1n) is 8.38. The molecule has 1 aromatic heterocycles. The van der Waals surface area contributed by atoms with Gasteiger partial charge in [0, 0.05) is 11.4 Å². The Morgan fingerprint density at radius 2 is 1.81 bits per heavy atom. The van der Waals surface area contributed by atoms with Crippen molar-refractivity contribution in [2.75, 3.05) is 13.2 Å². The molecule has 0 fully saturated rings. The molecule has 0 unspecified atom stereocenters. The first kappa shape index (κ1) is 19.4. The summed E-state index contributed by atoms with van der Waals surface area (Å²) in [7, 11) is 0. The number of ether oxygens (including phenoxy) is 1. The van der Waals surface area contributed by atoms with Gasteiger partial charge < -0.3 is 15.4 Å². The predicted molar refractivity (Wildman–Crippen MR) is 97.8 cm³/mol. The fourth-order valence-electron chi connectivity index (χ4n) is 2.64. The Labute approximate surface area is 152 Å². The SMILES string of the molecule is Cc1nc2ccccc2c(C)c1C(=O)OCC(=O)NCC(=O)NC(C)C. The summed E-state index contributed by atoms with van der Waals surface area (Å²) in [5.41, 5.74) is 2.46. The van der Waals surface area contributed by atoms with Gasteiger partial charge >= 0.3 is 5.97 Å². The number of aryl methyl sites for hydroxylation is 2. The van der Waals surface area contributed by atoms with Gasteiger partial charge in [-0.2, -0.15) is 0 Å². The van der Waals surface area contributed by atoms with Crippen LogP contribution in [0.15, 0.2) is 24.3 Å². The van der Waals surface area contributed by atoms with Crippen molar-refractivity contribution in [2.45, 2.75) is 33.7 Å². The van der Waals surface area contributed by atoms with Gasteiger partial charge in [-0.05, 0) is 39.3 Å². The van der Waals surface area contributed by atoms with E-state index in [1.165, 1.54) is 0 Å². The molecule has 0 radical (unpaired) electrons. The largest absolute Gasteiger partial charge is 0.452 e. The molecule has 0 saturated heterocycles. The van der Waals surface area contributed by atoms with E-state index in [-0.39, 0.29) is 18.5 Å². The molecule has 26 heavy (non-hydrogen) atoms. The number of benzene rings is 1. The number of nitrogens with one attached hydrogen (secondary N) is 2. The lowest BCUT2D eigenvalue weighted by molar-refractivity contribution is -0.128. The van der Waals surface area contributed by atoms with E-state index < -0.39 is 18.5 Å². The second kappa shape index (κ2) is 8.42. The summed E-state index contributed by atoms with van der Waals surface area (Å²) in [5, 5.41) is 5.92. The zero-order chi connectivity index (χ0) is 19.3. The number of nitrogens with zero attached hydrogens (tertiary/aromatic N) is 1. The van der Waals surface area contributed by atoms with E-state index in [2.05, 4.69) is 15.6 Å². The number of hydrogen-bond acceptors (Lipinski definition) is 5. The molecule has 2 amide bonds. The Balaban J connectivity index is 1.99. The molecular formula is C19H23N3O4. The molecule has 0 saturated carbocycles. The van der Waals surface area contributed by atoms with Crippen LogP contribution in [0.2, 0.25) is 0 Å². The zero-order valence-corrected chi connectivity index (χ0v) is 15.4. The average Bonchev–Trinajstić information content (AvgIpc) is 2.57. The summed E-state index contributed by atoms with van der Waals surface area (Å²) in [6, 6.07) is 7.50. The Kier molecular flexibility index (Phi) is 6.27. The second-order valence-electron chi connectivity index (χ2n) is 6.29. The highest BCUT2D eigenvalue weighted by molar-refractivity contribution is 5.99. The van der Waals surface area contributed by atoms with Crippen LogP contribution in [0.4, 0.5) is 0 Å². The molecule has 2 rings (SSSR count). The number of aromatic nitrogens is 1. The van der Waals surface area contributed by atoms with Crippen molar-refractivity contribution in [3.8, 4) is 0 Å². The van der Waals surface area contributed by atoms with Crippen LogP contribution >= 0.6 is 0 Å². The number of esters is 1. The fourth-order valence-corrected chi connectivity index (χ4v) is 2.64. The van der Waals surface area contributed by atoms with Gasteiger partial charge in [-0.3, -0.25) is 14.6 Å². The smallest absolute Gasteiger partial charge is 0.340 e. The average molecular weight is 357 g/mol. The molecule has 1 heterocycles. The molecule has 1 aromatic carbocycles. The molecule has 7 nitrogen and oxygen atoms in total. The maximum absolute atomic E-state index is 12.4. The van der Waals surface area contributed by atoms with E-state index in [1.54, 1.807) is 6.92 Å². The minimum Gasteiger partial charge on any atom is -0.452 e. The Bertz CT molecular complexity index is 846. The third kappa shape index (κ3) is 4.78. The van der Waals surface area contributed by atoms with Gasteiger partial charge in [0.1, 0.15) is 0 Å². The summed E-state index contributed by atoms with van der Waals surface area (Å²) in [4.78, 5) is 40.1. The van der Waals surface area contributed by atoms with Gasteiger partial charge in [-0.25, -0.2) is 4.79 Å². The first-order chi connectivity index (χ1) is 12.3. The highest BCUT2D eigenvalue weighted by Gasteiger charge is 2.19. The van der Waals surface area contributed by atoms with Gasteiger partial charge in [-0.1, -0.05) is 18.2 Å². The molecule has 0 aliphatic carbocycles. The molecule has 0 bridgehead atoms. The van der Waals surface area contributed by atoms with Gasteiger partial charge in [0.25, 0.3) is 5.91 Å². The van der Waals surface area contributed by atoms with E-state index in [9.17, 15) is 14.4 Å². The van der Waals surface area contributed by atoms with Crippen LogP contribution < -0.4 is 10.6 Å². The number of carbonyl (C=O) groups excluding carboxylic acids is 3. The van der Waals surface area contributed by atoms with Crippen molar-refractivity contribution in [3.05, 3.63) is 41.1 Å². The zero-order valence-electron chi connectivity index (χ0n) is 15.4. The van der Waals surface area contributed by atoms with E-state index in [4.69, 9.17) is 4.74 Å². The molecule has 0 atom stereocenters. The van der Waals surface area contributed by atoms with E-state index in [1.807, 2.05) is 45.0 Å². The van der Waals surface area contributed by atoms with Gasteiger partial charge in [0.15, 0.2) is 6.61 Å². The monoisotopic (exact) mass is 357 g/mol. The normalized spacial score (nSPS) is 10.7. The lowest BCUT2D eigenvalue weighted by Gasteiger charge is -2.12. The highest BCUT2D eigenvalue weighted by atomic mass is 16.5. The van der Waals surface area contributed by atoms with Crippen molar-refractivity contribution in [1.82, 2.24) is 15.6 Å². The number of pyridine rings is 1. The van der Waals surface area contributed by atoms with Crippen LogP contribution in [0, 0.1) is 13.8 Å². The molecule has 0 aliphatic heterocycles. The minimum absolute atomic E-state index is 0.0106. The van der Waals surface area contributed by atoms with Gasteiger partial charge in [0.2, 0.25) is 5.91 Å². The van der Waals surface area contributed by atoms with Crippen molar-refractivity contribution in [2.24, 2.45) is 0 Å². The van der Waals surface area contributed by atoms with Crippen molar-refractivity contribution >= 4 is 28.7 Å². The Hall–Kier alpha value is -2.96. The number of para-hydroxylation sites is 1. The second-order valence-corrected chi connectivity index (χ2v) is 6.29. The van der Waals surface area contributed by atoms with Crippen LogP contribution in [-0.2, 0) is 14.3 Å². The maximum atomic E-state index is 12.4. The third-order valence-electron chi connectivity index (χ3n) is 3.77. The van der Waals surface area contributed by atoms with Crippen molar-refractivity contribution in [3.63, 3.8) is 0 Å². The number of rotatable bonds is 6. The Morgan fingerprint density at radius 1 is 1.12 bits per heavy atom. The van der Waals surface area contributed by atoms with Crippen LogP contribution in [-0.4, -0.2) is 42.0 Å². The molecule has 138 valence electrons. The number of hydrogen-bond donors (Lipinski definition) is 2. The molecule has 0 spiro atoms. The van der Waals surface area contributed by atoms with Crippen LogP contribution in [0.1, 0.15) is 35.5 Å². The molecular weight excluding hydrogens is 334 g/mol. The first-order valence-corrected chi connectivity index (χ1v) is 8.38. The Morgan fingerprint density at radius 3 is 2.50 bits per heavy atom. The highest BCUT2D eigenvalue weighted by Crippen LogP contribution is 2.23. The van der Waals surface area contributed by atoms with E-state index in [0.29, 0.717) is 11.3 Å². The summed E-state index contributed by atoms with van der Waals surface area (Å²) < 4.78 is 5.09. The van der Waals surface area contributed by atoms with Gasteiger partial charge in [-0.15, -0.1) is 0 Å². The third-order valence-corrected chi connectivity index (χ3v) is 3.77. The van der Waals surface area contributed by atoms with E-state index in [0.717, 1.165) is 16.5 Å². The standard InChI is InChI=1S/C19H23N3O4/c1-11(2)21-16(23)9-20-17(24)10-26-19(25)18-12(3)14-7-5-6-8-15(14)22-13(18)4/h5-8,11H,9-10H2,1-4H3,(H,20,24)(H,21,23). The minimum atomic E-state index is -0.611. The summed E-state index contributed by atoms with van der Waals surface area (Å²) in [6.45, 7) is 6.58. The maximum Gasteiger partial charge on any atom is 0.340 e. The molecule has 7 heteroatoms. The number of amides is 2. The quantitative estimate of drug-likeness (QED) is 0.766. The summed E-state index contributed by atoms with van der Waals surface area (Å²) >= 11 is 0. The topological polar surface area (TPSA) is 97.4 Å². The van der Waals surface area contributed by atoms with Crippen LogP contribution in [0.3, 0.4) is 0 Å². The number of carbonyl (C=O) groups is 3. The van der Waals surface area contributed by atoms with E-state index >= 15 is 0 Å². The van der Waals surface area contributed by atoms with Crippen LogP contribution in [0.25, 0.3) is 10.9 Å². The lowest BCUT2D eigenvalue weighted by Crippen LogP contribution is -2.41. The molecule has 2 aromatic rings. The molecule has 0 aliphatic rings. The van der Waals surface area contributed by atoms with Crippen molar-refractivity contribution in [1.29, 1.82) is 0 Å². The molecule has 2 N–H and O–H groups in total. The predicted octanol–water partition coefficient (Wildman–Crippen LogP) is 1.65.